The van der Waals surface area contributed by atoms with E-state index in [0.29, 0.717) is 19.6 Å². The van der Waals surface area contributed by atoms with E-state index in [9.17, 15) is 4.79 Å². The minimum absolute atomic E-state index is 0.0340. The van der Waals surface area contributed by atoms with Gasteiger partial charge in [-0.05, 0) is 27.7 Å². The van der Waals surface area contributed by atoms with E-state index in [1.54, 1.807) is 0 Å². The Labute approximate surface area is 134 Å². The Hall–Kier alpha value is -0.650. The van der Waals surface area contributed by atoms with Crippen molar-refractivity contribution in [1.82, 2.24) is 5.06 Å². The van der Waals surface area contributed by atoms with Crippen molar-refractivity contribution in [3.05, 3.63) is 0 Å². The Kier molecular flexibility index (Phi) is 4.17. The topological polar surface area (TPSA) is 48.0 Å². The third-order valence-corrected chi connectivity index (χ3v) is 5.11. The summed E-state index contributed by atoms with van der Waals surface area (Å²) in [7, 11) is 0. The Morgan fingerprint density at radius 1 is 1.09 bits per heavy atom. The van der Waals surface area contributed by atoms with Crippen LogP contribution in [-0.2, 0) is 19.1 Å². The lowest BCUT2D eigenvalue weighted by molar-refractivity contribution is -0.394. The van der Waals surface area contributed by atoms with E-state index in [2.05, 4.69) is 48.5 Å². The predicted octanol–water partition coefficient (Wildman–Crippen LogP) is 3.13. The normalized spacial score (nSPS) is 32.6. The second-order valence-electron chi connectivity index (χ2n) is 8.80. The molecule has 5 heteroatoms. The first-order valence-electron chi connectivity index (χ1n) is 8.09. The highest BCUT2D eigenvalue weighted by Crippen LogP contribution is 2.51. The predicted molar refractivity (Wildman–Crippen MR) is 84.0 cm³/mol. The second-order valence-corrected chi connectivity index (χ2v) is 8.80. The van der Waals surface area contributed by atoms with Crippen LogP contribution in [0, 0.1) is 11.3 Å². The van der Waals surface area contributed by atoms with E-state index < -0.39 is 11.3 Å². The molecule has 0 aromatic carbocycles. The molecule has 2 rings (SSSR count). The molecule has 2 heterocycles. The summed E-state index contributed by atoms with van der Waals surface area (Å²) in [6.45, 7) is 17.5. The van der Waals surface area contributed by atoms with Crippen LogP contribution in [-0.4, -0.2) is 41.1 Å². The second kappa shape index (κ2) is 5.18. The average Bonchev–Trinajstić information content (AvgIpc) is 2.36. The molecule has 0 aromatic rings. The smallest absolute Gasteiger partial charge is 0.322 e. The summed E-state index contributed by atoms with van der Waals surface area (Å²) in [5.74, 6) is -0.863. The van der Waals surface area contributed by atoms with Gasteiger partial charge in [0.2, 0.25) is 0 Å². The lowest BCUT2D eigenvalue weighted by Crippen LogP contribution is -2.72. The van der Waals surface area contributed by atoms with Crippen molar-refractivity contribution in [3.8, 4) is 0 Å². The monoisotopic (exact) mass is 313 g/mol. The Morgan fingerprint density at radius 3 is 2.05 bits per heavy atom. The fourth-order valence-electron chi connectivity index (χ4n) is 3.76. The van der Waals surface area contributed by atoms with E-state index in [1.165, 1.54) is 6.92 Å². The summed E-state index contributed by atoms with van der Waals surface area (Å²) < 4.78 is 12.5. The minimum atomic E-state index is -0.626. The summed E-state index contributed by atoms with van der Waals surface area (Å²) in [6.07, 6.45) is 0.661. The van der Waals surface area contributed by atoms with Crippen molar-refractivity contribution in [1.29, 1.82) is 0 Å². The molecule has 2 saturated heterocycles. The van der Waals surface area contributed by atoms with Crippen LogP contribution >= 0.6 is 0 Å². The summed E-state index contributed by atoms with van der Waals surface area (Å²) in [4.78, 5) is 17.1. The van der Waals surface area contributed by atoms with Crippen LogP contribution in [0.1, 0.15) is 61.8 Å². The molecule has 0 N–H and O–H groups in total. The van der Waals surface area contributed by atoms with Gasteiger partial charge in [0, 0.05) is 24.7 Å². The first-order chi connectivity index (χ1) is 9.82. The average molecular weight is 313 g/mol. The molecule has 5 nitrogen and oxygen atoms in total. The zero-order valence-corrected chi connectivity index (χ0v) is 15.3. The molecule has 22 heavy (non-hydrogen) atoms. The first-order valence-corrected chi connectivity index (χ1v) is 8.09. The van der Waals surface area contributed by atoms with Gasteiger partial charge in [-0.3, -0.25) is 4.79 Å². The van der Waals surface area contributed by atoms with Crippen molar-refractivity contribution in [3.63, 3.8) is 0 Å². The third kappa shape index (κ3) is 2.91. The molecular formula is C17H31NO4. The number of carbonyl (C=O) groups excluding carboxylic acids is 1. The molecule has 2 aliphatic heterocycles. The highest BCUT2D eigenvalue weighted by Gasteiger charge is 2.62. The van der Waals surface area contributed by atoms with E-state index in [4.69, 9.17) is 14.3 Å². The fraction of sp³-hybridized carbons (Fsp3) is 0.941. The van der Waals surface area contributed by atoms with Gasteiger partial charge in [-0.15, -0.1) is 5.06 Å². The van der Waals surface area contributed by atoms with Gasteiger partial charge in [-0.2, -0.15) is 0 Å². The van der Waals surface area contributed by atoms with Gasteiger partial charge in [-0.25, -0.2) is 0 Å². The number of hydroxylamine groups is 2. The number of piperidine rings is 1. The minimum Gasteiger partial charge on any atom is -0.367 e. The van der Waals surface area contributed by atoms with Crippen LogP contribution < -0.4 is 0 Å². The molecule has 1 atom stereocenters. The van der Waals surface area contributed by atoms with Crippen molar-refractivity contribution in [2.45, 2.75) is 78.7 Å². The number of hydrogen-bond acceptors (Lipinski definition) is 5. The van der Waals surface area contributed by atoms with E-state index in [0.717, 1.165) is 0 Å². The van der Waals surface area contributed by atoms with Crippen LogP contribution in [0.25, 0.3) is 0 Å². The molecule has 1 spiro atoms. The van der Waals surface area contributed by atoms with Gasteiger partial charge >= 0.3 is 5.97 Å². The molecule has 2 fully saturated rings. The third-order valence-electron chi connectivity index (χ3n) is 5.11. The first kappa shape index (κ1) is 17.7. The molecule has 0 aliphatic carbocycles. The Balaban J connectivity index is 2.33. The molecule has 1 unspecified atom stereocenters. The van der Waals surface area contributed by atoms with Gasteiger partial charge in [0.1, 0.15) is 0 Å². The highest BCUT2D eigenvalue weighted by molar-refractivity contribution is 5.65. The summed E-state index contributed by atoms with van der Waals surface area (Å²) in [6, 6.07) is 0. The molecule has 2 aliphatic rings. The molecular weight excluding hydrogens is 282 g/mol. The fourth-order valence-corrected chi connectivity index (χ4v) is 3.76. The van der Waals surface area contributed by atoms with Crippen LogP contribution in [0.2, 0.25) is 0 Å². The number of nitrogens with zero attached hydrogens (tertiary/aromatic N) is 1. The number of carbonyl (C=O) groups is 1. The number of hydrogen-bond donors (Lipinski definition) is 0. The van der Waals surface area contributed by atoms with E-state index >= 15 is 0 Å². The number of ether oxygens (including phenoxy) is 2. The van der Waals surface area contributed by atoms with Crippen LogP contribution in [0.5, 0.6) is 0 Å². The lowest BCUT2D eigenvalue weighted by atomic mass is 9.70. The van der Waals surface area contributed by atoms with Gasteiger partial charge < -0.3 is 14.3 Å². The standard InChI is InChI=1S/C17H31NO4/c1-12-16(7,8)18(22-13(2)19)15(5,6)9-17(12)20-10-14(3,4)11-21-17/h12H,9-11H2,1-8H3. The van der Waals surface area contributed by atoms with Crippen LogP contribution in [0.4, 0.5) is 0 Å². The Morgan fingerprint density at radius 2 is 1.59 bits per heavy atom. The van der Waals surface area contributed by atoms with Crippen molar-refractivity contribution >= 4 is 5.97 Å². The zero-order valence-electron chi connectivity index (χ0n) is 15.3. The quantitative estimate of drug-likeness (QED) is 0.744. The van der Waals surface area contributed by atoms with Crippen molar-refractivity contribution < 1.29 is 19.1 Å². The largest absolute Gasteiger partial charge is 0.367 e. The maximum Gasteiger partial charge on any atom is 0.322 e. The maximum atomic E-state index is 11.5. The van der Waals surface area contributed by atoms with E-state index in [1.807, 2.05) is 5.06 Å². The van der Waals surface area contributed by atoms with Crippen LogP contribution in [0.15, 0.2) is 0 Å². The van der Waals surface area contributed by atoms with Crippen LogP contribution in [0.3, 0.4) is 0 Å². The molecule has 0 aromatic heterocycles. The summed E-state index contributed by atoms with van der Waals surface area (Å²) >= 11 is 0. The zero-order chi connectivity index (χ0) is 17.0. The van der Waals surface area contributed by atoms with Gasteiger partial charge in [0.05, 0.1) is 24.3 Å². The molecule has 128 valence electrons. The number of rotatable bonds is 1. The SMILES string of the molecule is CC(=O)ON1C(C)(C)CC2(OCC(C)(C)CO2)C(C)C1(C)C. The van der Waals surface area contributed by atoms with Gasteiger partial charge in [0.25, 0.3) is 0 Å². The molecule has 0 bridgehead atoms. The highest BCUT2D eigenvalue weighted by atomic mass is 16.7. The summed E-state index contributed by atoms with van der Waals surface area (Å²) in [5.41, 5.74) is -0.732. The maximum absolute atomic E-state index is 11.5. The molecule has 0 saturated carbocycles. The molecule has 0 amide bonds. The van der Waals surface area contributed by atoms with Gasteiger partial charge in [0.15, 0.2) is 5.79 Å². The molecule has 0 radical (unpaired) electrons. The summed E-state index contributed by atoms with van der Waals surface area (Å²) in [5, 5.41) is 1.82. The van der Waals surface area contributed by atoms with Gasteiger partial charge in [-0.1, -0.05) is 20.8 Å². The van der Waals surface area contributed by atoms with Crippen molar-refractivity contribution in [2.75, 3.05) is 13.2 Å². The van der Waals surface area contributed by atoms with Crippen molar-refractivity contribution in [2.24, 2.45) is 11.3 Å². The Bertz CT molecular complexity index is 446. The lowest BCUT2D eigenvalue weighted by Gasteiger charge is -2.61. The van der Waals surface area contributed by atoms with E-state index in [-0.39, 0.29) is 22.8 Å².